The van der Waals surface area contributed by atoms with Crippen LogP contribution in [0.3, 0.4) is 0 Å². The first-order valence-corrected chi connectivity index (χ1v) is 12.3. The number of fused-ring (bicyclic) bond motifs is 3. The zero-order valence-corrected chi connectivity index (χ0v) is 19.1. The van der Waals surface area contributed by atoms with Crippen molar-refractivity contribution in [2.45, 2.75) is 69.4 Å². The predicted octanol–water partition coefficient (Wildman–Crippen LogP) is 4.53. The highest BCUT2D eigenvalue weighted by atomic mass is 32.1. The first-order valence-electron chi connectivity index (χ1n) is 11.4. The van der Waals surface area contributed by atoms with Gasteiger partial charge >= 0.3 is 5.97 Å². The van der Waals surface area contributed by atoms with Gasteiger partial charge in [-0.05, 0) is 62.5 Å². The normalized spacial score (nSPS) is 22.7. The molecule has 0 bridgehead atoms. The number of nitro groups is 1. The molecule has 1 fully saturated rings. The summed E-state index contributed by atoms with van der Waals surface area (Å²) >= 11 is 1.69. The van der Waals surface area contributed by atoms with E-state index in [4.69, 9.17) is 4.98 Å². The Hall–Kier alpha value is -2.91. The van der Waals surface area contributed by atoms with E-state index in [1.54, 1.807) is 23.5 Å². The van der Waals surface area contributed by atoms with Gasteiger partial charge < -0.3 is 10.4 Å². The average molecular weight is 467 g/mol. The number of non-ortho nitro benzene ring substituents is 1. The lowest BCUT2D eigenvalue weighted by molar-refractivity contribution is -0.384. The molecule has 1 aromatic carbocycles. The predicted molar refractivity (Wildman–Crippen MR) is 126 cm³/mol. The number of benzene rings is 1. The molecule has 0 radical (unpaired) electrons. The van der Waals surface area contributed by atoms with Crippen LogP contribution < -0.4 is 5.32 Å². The van der Waals surface area contributed by atoms with Gasteiger partial charge in [-0.25, -0.2) is 9.97 Å². The average Bonchev–Trinajstić information content (AvgIpc) is 3.21. The van der Waals surface area contributed by atoms with E-state index in [2.05, 4.69) is 10.3 Å². The quantitative estimate of drug-likeness (QED) is 0.405. The van der Waals surface area contributed by atoms with Crippen LogP contribution in [0.2, 0.25) is 0 Å². The number of carbonyl (C=O) groups is 1. The van der Waals surface area contributed by atoms with Crippen LogP contribution in [0.4, 0.5) is 5.69 Å². The molecule has 3 aromatic rings. The number of aliphatic carboxylic acids is 1. The van der Waals surface area contributed by atoms with Crippen molar-refractivity contribution >= 4 is 33.2 Å². The van der Waals surface area contributed by atoms with Crippen LogP contribution in [0.5, 0.6) is 0 Å². The van der Waals surface area contributed by atoms with E-state index in [0.717, 1.165) is 28.6 Å². The lowest BCUT2D eigenvalue weighted by Gasteiger charge is -2.36. The summed E-state index contributed by atoms with van der Waals surface area (Å²) in [5, 5.41) is 25.7. The van der Waals surface area contributed by atoms with Crippen molar-refractivity contribution in [2.24, 2.45) is 0 Å². The molecule has 8 nitrogen and oxygen atoms in total. The zero-order valence-electron chi connectivity index (χ0n) is 18.2. The summed E-state index contributed by atoms with van der Waals surface area (Å²) in [5.41, 5.74) is 1.20. The molecule has 33 heavy (non-hydrogen) atoms. The molecule has 0 saturated heterocycles. The first kappa shape index (κ1) is 21.9. The van der Waals surface area contributed by atoms with E-state index in [1.165, 1.54) is 29.3 Å². The number of nitrogens with one attached hydrogen (secondary N) is 1. The van der Waals surface area contributed by atoms with Crippen molar-refractivity contribution in [3.05, 3.63) is 62.4 Å². The maximum absolute atomic E-state index is 12.4. The summed E-state index contributed by atoms with van der Waals surface area (Å²) in [4.78, 5) is 34.7. The molecule has 2 N–H and O–H groups in total. The van der Waals surface area contributed by atoms with Gasteiger partial charge in [-0.2, -0.15) is 0 Å². The third kappa shape index (κ3) is 4.11. The minimum Gasteiger partial charge on any atom is -0.480 e. The number of aryl methyl sites for hydroxylation is 2. The largest absolute Gasteiger partial charge is 0.480 e. The summed E-state index contributed by atoms with van der Waals surface area (Å²) in [6, 6.07) is 6.73. The molecular weight excluding hydrogens is 440 g/mol. The maximum atomic E-state index is 12.4. The van der Waals surface area contributed by atoms with Gasteiger partial charge in [-0.15, -0.1) is 11.3 Å². The number of rotatable bonds is 6. The second-order valence-corrected chi connectivity index (χ2v) is 10.2. The molecule has 9 heteroatoms. The molecule has 2 aromatic heterocycles. The molecule has 0 atom stereocenters. The van der Waals surface area contributed by atoms with Crippen LogP contribution >= 0.6 is 11.3 Å². The second-order valence-electron chi connectivity index (χ2n) is 9.09. The Kier molecular flexibility index (Phi) is 5.84. The number of hydrogen-bond acceptors (Lipinski definition) is 7. The number of hydrogen-bond donors (Lipinski definition) is 2. The highest BCUT2D eigenvalue weighted by Gasteiger charge is 2.46. The summed E-state index contributed by atoms with van der Waals surface area (Å²) in [6.07, 6.45) is 8.65. The van der Waals surface area contributed by atoms with Crippen LogP contribution in [0, 0.1) is 10.1 Å². The summed E-state index contributed by atoms with van der Waals surface area (Å²) in [6.45, 7) is 0.510. The Labute approximate surface area is 195 Å². The van der Waals surface area contributed by atoms with Gasteiger partial charge in [0.2, 0.25) is 0 Å². The molecule has 0 amide bonds. The molecule has 0 unspecified atom stereocenters. The molecule has 2 aliphatic carbocycles. The van der Waals surface area contributed by atoms with E-state index < -0.39 is 16.3 Å². The maximum Gasteiger partial charge on any atom is 0.317 e. The fourth-order valence-electron chi connectivity index (χ4n) is 5.16. The minimum absolute atomic E-state index is 0.0747. The molecule has 1 saturated carbocycles. The molecular formula is C24H26N4O4S. The lowest BCUT2D eigenvalue weighted by Crippen LogP contribution is -2.45. The zero-order chi connectivity index (χ0) is 23.0. The molecule has 0 aliphatic heterocycles. The second kappa shape index (κ2) is 8.79. The summed E-state index contributed by atoms with van der Waals surface area (Å²) in [7, 11) is 0. The third-order valence-electron chi connectivity index (χ3n) is 7.11. The first-order chi connectivity index (χ1) is 16.0. The molecule has 5 rings (SSSR count). The van der Waals surface area contributed by atoms with Crippen molar-refractivity contribution < 1.29 is 14.8 Å². The van der Waals surface area contributed by atoms with Crippen molar-refractivity contribution in [1.29, 1.82) is 0 Å². The fraction of sp³-hybridized carbons (Fsp3) is 0.458. The Morgan fingerprint density at radius 3 is 2.82 bits per heavy atom. The SMILES string of the molecule is O=C(O)C1(c2ncc3c4c(sc3n2)CCCC4)CCC(NCc2cccc([N+](=O)[O-])c2)CC1. The number of carboxylic acids is 1. The Bertz CT molecular complexity index is 1220. The van der Waals surface area contributed by atoms with Crippen LogP contribution in [-0.4, -0.2) is 32.0 Å². The Morgan fingerprint density at radius 1 is 1.27 bits per heavy atom. The van der Waals surface area contributed by atoms with Crippen LogP contribution in [0.25, 0.3) is 10.2 Å². The molecule has 0 spiro atoms. The molecule has 172 valence electrons. The number of thiophene rings is 1. The van der Waals surface area contributed by atoms with E-state index in [9.17, 15) is 20.0 Å². The van der Waals surface area contributed by atoms with Crippen molar-refractivity contribution in [3.8, 4) is 0 Å². The summed E-state index contributed by atoms with van der Waals surface area (Å²) in [5.74, 6) is -0.432. The highest BCUT2D eigenvalue weighted by Crippen LogP contribution is 2.41. The van der Waals surface area contributed by atoms with Gasteiger partial charge in [-0.3, -0.25) is 14.9 Å². The van der Waals surface area contributed by atoms with E-state index in [0.29, 0.717) is 38.1 Å². The van der Waals surface area contributed by atoms with Crippen LogP contribution in [-0.2, 0) is 29.6 Å². The monoisotopic (exact) mass is 466 g/mol. The van der Waals surface area contributed by atoms with Gasteiger partial charge in [0.15, 0.2) is 0 Å². The van der Waals surface area contributed by atoms with Gasteiger partial charge in [-0.1, -0.05) is 12.1 Å². The van der Waals surface area contributed by atoms with Crippen molar-refractivity contribution in [3.63, 3.8) is 0 Å². The molecule has 2 heterocycles. The van der Waals surface area contributed by atoms with E-state index in [-0.39, 0.29) is 11.7 Å². The van der Waals surface area contributed by atoms with Gasteiger partial charge in [0, 0.05) is 41.2 Å². The van der Waals surface area contributed by atoms with Crippen LogP contribution in [0.1, 0.15) is 60.4 Å². The van der Waals surface area contributed by atoms with Gasteiger partial charge in [0.25, 0.3) is 5.69 Å². The van der Waals surface area contributed by atoms with E-state index in [1.807, 2.05) is 12.3 Å². The standard InChI is InChI=1S/C24H26N4O4S/c29-23(30)24(22-26-14-19-18-6-1-2-7-20(18)33-21(19)27-22)10-8-16(9-11-24)25-13-15-4-3-5-17(12-15)28(31)32/h3-5,12,14,16,25H,1-2,6-11,13H2,(H,29,30). The fourth-order valence-corrected chi connectivity index (χ4v) is 6.40. The van der Waals surface area contributed by atoms with Crippen molar-refractivity contribution in [2.75, 3.05) is 0 Å². The van der Waals surface area contributed by atoms with Gasteiger partial charge in [0.05, 0.1) is 4.92 Å². The lowest BCUT2D eigenvalue weighted by atomic mass is 9.71. The number of carboxylic acid groups (broad SMARTS) is 1. The minimum atomic E-state index is -1.07. The summed E-state index contributed by atoms with van der Waals surface area (Å²) < 4.78 is 0. The van der Waals surface area contributed by atoms with Gasteiger partial charge in [0.1, 0.15) is 16.1 Å². The molecule has 2 aliphatic rings. The third-order valence-corrected chi connectivity index (χ3v) is 8.31. The number of nitro benzene ring substituents is 1. The van der Waals surface area contributed by atoms with Crippen molar-refractivity contribution in [1.82, 2.24) is 15.3 Å². The topological polar surface area (TPSA) is 118 Å². The highest BCUT2D eigenvalue weighted by molar-refractivity contribution is 7.18. The number of aromatic nitrogens is 2. The number of nitrogens with zero attached hydrogens (tertiary/aromatic N) is 3. The Balaban J connectivity index is 1.30. The Morgan fingerprint density at radius 2 is 2.06 bits per heavy atom. The smallest absolute Gasteiger partial charge is 0.317 e. The van der Waals surface area contributed by atoms with Crippen LogP contribution in [0.15, 0.2) is 30.5 Å². The van der Waals surface area contributed by atoms with E-state index >= 15 is 0 Å².